The van der Waals surface area contributed by atoms with E-state index in [1.54, 1.807) is 24.3 Å². The van der Waals surface area contributed by atoms with Gasteiger partial charge in [-0.15, -0.1) is 0 Å². The first-order valence-corrected chi connectivity index (χ1v) is 7.40. The zero-order chi connectivity index (χ0) is 17.7. The van der Waals surface area contributed by atoms with Crippen LogP contribution in [0.5, 0.6) is 5.75 Å². The molecule has 8 nitrogen and oxygen atoms in total. The van der Waals surface area contributed by atoms with Gasteiger partial charge in [0, 0.05) is 16.2 Å². The summed E-state index contributed by atoms with van der Waals surface area (Å²) in [6.45, 7) is 0. The number of anilines is 2. The van der Waals surface area contributed by atoms with E-state index >= 15 is 0 Å². The second-order valence-electron chi connectivity index (χ2n) is 4.56. The van der Waals surface area contributed by atoms with Crippen LogP contribution in [-0.4, -0.2) is 23.8 Å². The molecule has 0 radical (unpaired) electrons. The van der Waals surface area contributed by atoms with Crippen LogP contribution >= 0.6 is 15.9 Å². The summed E-state index contributed by atoms with van der Waals surface area (Å²) in [5.74, 6) is -1.73. The summed E-state index contributed by atoms with van der Waals surface area (Å²) in [6.07, 6.45) is 0. The van der Waals surface area contributed by atoms with Crippen LogP contribution in [0.1, 0.15) is 0 Å². The van der Waals surface area contributed by atoms with Gasteiger partial charge in [0.15, 0.2) is 0 Å². The molecule has 2 amide bonds. The van der Waals surface area contributed by atoms with E-state index in [2.05, 4.69) is 26.6 Å². The Morgan fingerprint density at radius 2 is 1.71 bits per heavy atom. The van der Waals surface area contributed by atoms with E-state index in [0.717, 1.165) is 10.5 Å². The van der Waals surface area contributed by atoms with Crippen LogP contribution in [0.15, 0.2) is 46.9 Å². The number of nitro groups is 1. The highest BCUT2D eigenvalue weighted by Gasteiger charge is 2.18. The maximum atomic E-state index is 11.9. The van der Waals surface area contributed by atoms with Crippen molar-refractivity contribution in [3.05, 3.63) is 57.1 Å². The Morgan fingerprint density at radius 1 is 1.08 bits per heavy atom. The van der Waals surface area contributed by atoms with Crippen molar-refractivity contribution in [1.82, 2.24) is 0 Å². The fourth-order valence-electron chi connectivity index (χ4n) is 1.80. The quantitative estimate of drug-likeness (QED) is 0.471. The molecule has 2 aromatic carbocycles. The van der Waals surface area contributed by atoms with Gasteiger partial charge in [0.25, 0.3) is 5.69 Å². The second kappa shape index (κ2) is 7.55. The zero-order valence-corrected chi connectivity index (χ0v) is 14.0. The number of nitro benzene ring substituents is 1. The number of non-ortho nitro benzene ring substituents is 1. The SMILES string of the molecule is COc1cc([N+](=O)[O-])ccc1NC(=O)C(=O)Nc1ccc(Br)cc1. The third-order valence-electron chi connectivity index (χ3n) is 2.95. The van der Waals surface area contributed by atoms with Crippen molar-refractivity contribution in [2.45, 2.75) is 0 Å². The van der Waals surface area contributed by atoms with E-state index in [9.17, 15) is 19.7 Å². The smallest absolute Gasteiger partial charge is 0.314 e. The number of rotatable bonds is 4. The first kappa shape index (κ1) is 17.4. The minimum atomic E-state index is -0.926. The molecule has 0 unspecified atom stereocenters. The number of carbonyl (C=O) groups excluding carboxylic acids is 2. The number of benzene rings is 2. The molecular weight excluding hydrogens is 382 g/mol. The van der Waals surface area contributed by atoms with Crippen LogP contribution in [0.3, 0.4) is 0 Å². The average molecular weight is 394 g/mol. The Balaban J connectivity index is 2.09. The molecule has 0 fully saturated rings. The van der Waals surface area contributed by atoms with E-state index in [1.807, 2.05) is 0 Å². The molecule has 2 aromatic rings. The third kappa shape index (κ3) is 4.29. The highest BCUT2D eigenvalue weighted by Crippen LogP contribution is 2.29. The molecule has 0 atom stereocenters. The maximum Gasteiger partial charge on any atom is 0.314 e. The van der Waals surface area contributed by atoms with Gasteiger partial charge in [-0.3, -0.25) is 19.7 Å². The molecule has 0 aromatic heterocycles. The van der Waals surface area contributed by atoms with Gasteiger partial charge in [0.05, 0.1) is 23.8 Å². The fraction of sp³-hybridized carbons (Fsp3) is 0.0667. The first-order chi connectivity index (χ1) is 11.4. The predicted octanol–water partition coefficient (Wildman–Crippen LogP) is 2.94. The maximum absolute atomic E-state index is 11.9. The fourth-order valence-corrected chi connectivity index (χ4v) is 2.06. The van der Waals surface area contributed by atoms with E-state index < -0.39 is 16.7 Å². The number of carbonyl (C=O) groups is 2. The summed E-state index contributed by atoms with van der Waals surface area (Å²) < 4.78 is 5.83. The minimum absolute atomic E-state index is 0.0778. The van der Waals surface area contributed by atoms with Gasteiger partial charge in [-0.25, -0.2) is 0 Å². The Kier molecular flexibility index (Phi) is 5.48. The molecule has 2 N–H and O–H groups in total. The van der Waals surface area contributed by atoms with Crippen LogP contribution in [-0.2, 0) is 9.59 Å². The highest BCUT2D eigenvalue weighted by atomic mass is 79.9. The number of ether oxygens (including phenoxy) is 1. The van der Waals surface area contributed by atoms with Crippen molar-refractivity contribution in [3.8, 4) is 5.75 Å². The summed E-state index contributed by atoms with van der Waals surface area (Å²) in [6, 6.07) is 10.3. The molecule has 24 heavy (non-hydrogen) atoms. The van der Waals surface area contributed by atoms with Crippen LogP contribution in [0.2, 0.25) is 0 Å². The van der Waals surface area contributed by atoms with Crippen molar-refractivity contribution in [2.24, 2.45) is 0 Å². The first-order valence-electron chi connectivity index (χ1n) is 6.61. The Labute approximate surface area is 145 Å². The van der Waals surface area contributed by atoms with Crippen LogP contribution in [0.25, 0.3) is 0 Å². The third-order valence-corrected chi connectivity index (χ3v) is 3.48. The molecule has 0 bridgehead atoms. The number of hydrogen-bond donors (Lipinski definition) is 2. The molecule has 0 aliphatic carbocycles. The molecule has 0 spiro atoms. The van der Waals surface area contributed by atoms with Gasteiger partial charge in [-0.1, -0.05) is 15.9 Å². The number of hydrogen-bond acceptors (Lipinski definition) is 5. The lowest BCUT2D eigenvalue weighted by molar-refractivity contribution is -0.384. The number of methoxy groups -OCH3 is 1. The van der Waals surface area contributed by atoms with Gasteiger partial charge in [0.2, 0.25) is 0 Å². The zero-order valence-electron chi connectivity index (χ0n) is 12.4. The Hall–Kier alpha value is -2.94. The summed E-state index contributed by atoms with van der Waals surface area (Å²) in [7, 11) is 1.30. The molecule has 0 saturated heterocycles. The molecule has 0 aliphatic rings. The lowest BCUT2D eigenvalue weighted by atomic mass is 10.2. The number of amides is 2. The minimum Gasteiger partial charge on any atom is -0.494 e. The van der Waals surface area contributed by atoms with Gasteiger partial charge in [0.1, 0.15) is 5.75 Å². The average Bonchev–Trinajstić information content (AvgIpc) is 2.56. The largest absolute Gasteiger partial charge is 0.494 e. The second-order valence-corrected chi connectivity index (χ2v) is 5.47. The van der Waals surface area contributed by atoms with E-state index in [0.29, 0.717) is 5.69 Å². The molecule has 9 heteroatoms. The van der Waals surface area contributed by atoms with E-state index in [1.165, 1.54) is 19.2 Å². The van der Waals surface area contributed by atoms with Crippen molar-refractivity contribution in [2.75, 3.05) is 17.7 Å². The van der Waals surface area contributed by atoms with Gasteiger partial charge in [-0.2, -0.15) is 0 Å². The van der Waals surface area contributed by atoms with Crippen LogP contribution in [0.4, 0.5) is 17.1 Å². The molecule has 124 valence electrons. The van der Waals surface area contributed by atoms with Crippen molar-refractivity contribution >= 4 is 44.8 Å². The summed E-state index contributed by atoms with van der Waals surface area (Å²) in [5.41, 5.74) is 0.414. The lowest BCUT2D eigenvalue weighted by Gasteiger charge is -2.10. The molecule has 0 aliphatic heterocycles. The summed E-state index contributed by atoms with van der Waals surface area (Å²) >= 11 is 3.26. The van der Waals surface area contributed by atoms with E-state index in [-0.39, 0.29) is 17.1 Å². The van der Waals surface area contributed by atoms with E-state index in [4.69, 9.17) is 4.74 Å². The molecular formula is C15H12BrN3O5. The summed E-state index contributed by atoms with van der Waals surface area (Å²) in [5, 5.41) is 15.5. The molecule has 0 heterocycles. The summed E-state index contributed by atoms with van der Waals surface area (Å²) in [4.78, 5) is 34.0. The Bertz CT molecular complexity index is 792. The van der Waals surface area contributed by atoms with Crippen molar-refractivity contribution in [1.29, 1.82) is 0 Å². The van der Waals surface area contributed by atoms with Crippen LogP contribution in [0, 0.1) is 10.1 Å². The number of nitrogens with one attached hydrogen (secondary N) is 2. The topological polar surface area (TPSA) is 111 Å². The Morgan fingerprint density at radius 3 is 2.29 bits per heavy atom. The van der Waals surface area contributed by atoms with Crippen molar-refractivity contribution < 1.29 is 19.2 Å². The van der Waals surface area contributed by atoms with Crippen LogP contribution < -0.4 is 15.4 Å². The number of nitrogens with zero attached hydrogens (tertiary/aromatic N) is 1. The predicted molar refractivity (Wildman–Crippen MR) is 91.0 cm³/mol. The van der Waals surface area contributed by atoms with Crippen molar-refractivity contribution in [3.63, 3.8) is 0 Å². The normalized spacial score (nSPS) is 9.92. The van der Waals surface area contributed by atoms with Gasteiger partial charge < -0.3 is 15.4 Å². The lowest BCUT2D eigenvalue weighted by Crippen LogP contribution is -2.29. The standard InChI is InChI=1S/C15H12BrN3O5/c1-24-13-8-11(19(22)23)6-7-12(13)18-15(21)14(20)17-10-4-2-9(16)3-5-10/h2-8H,1H3,(H,17,20)(H,18,21). The van der Waals surface area contributed by atoms with Gasteiger partial charge >= 0.3 is 11.8 Å². The highest BCUT2D eigenvalue weighted by molar-refractivity contribution is 9.10. The molecule has 2 rings (SSSR count). The van der Waals surface area contributed by atoms with Gasteiger partial charge in [-0.05, 0) is 30.3 Å². The number of halogens is 1. The molecule has 0 saturated carbocycles. The monoisotopic (exact) mass is 393 g/mol.